The number of nitriles is 1. The minimum Gasteiger partial charge on any atom is -0.481 e. The van der Waals surface area contributed by atoms with Gasteiger partial charge in [0.25, 0.3) is 0 Å². The lowest BCUT2D eigenvalue weighted by atomic mass is 10.0. The maximum Gasteiger partial charge on any atom is 0.349 e. The number of hydrogen-bond donors (Lipinski definition) is 0. The van der Waals surface area contributed by atoms with E-state index in [2.05, 4.69) is 34.5 Å². The van der Waals surface area contributed by atoms with E-state index in [1.165, 1.54) is 19.3 Å². The summed E-state index contributed by atoms with van der Waals surface area (Å²) in [5.74, 6) is -0.132. The summed E-state index contributed by atoms with van der Waals surface area (Å²) in [4.78, 5) is 23.6. The van der Waals surface area contributed by atoms with Crippen molar-refractivity contribution in [3.8, 4) is 17.6 Å². The normalized spacial score (nSPS) is 11.0. The number of carbonyl (C=O) groups excluding carboxylic acids is 2. The van der Waals surface area contributed by atoms with Crippen LogP contribution in [0.15, 0.2) is 52.5 Å². The van der Waals surface area contributed by atoms with Gasteiger partial charge in [0.1, 0.15) is 23.1 Å². The summed E-state index contributed by atoms with van der Waals surface area (Å²) < 4.78 is 16.1. The molecular formula is C22H20BrNO5. The van der Waals surface area contributed by atoms with Gasteiger partial charge in [-0.25, -0.2) is 9.59 Å². The maximum absolute atomic E-state index is 12.1. The van der Waals surface area contributed by atoms with Gasteiger partial charge in [0.15, 0.2) is 6.61 Å². The molecule has 150 valence electrons. The van der Waals surface area contributed by atoms with Gasteiger partial charge >= 0.3 is 11.9 Å². The molecule has 0 spiro atoms. The Balaban J connectivity index is 2.02. The standard InChI is InChI=1S/C22H20BrNO5/c1-14(2)16-7-8-20(19(23)11-16)28-13-21(25)29-18-6-4-5-15(10-18)9-17(12-24)22(26)27-3/h4-11,14H,13H2,1-3H3/b17-9+. The number of hydrogen-bond acceptors (Lipinski definition) is 6. The second-order valence-corrected chi connectivity index (χ2v) is 7.20. The highest BCUT2D eigenvalue weighted by atomic mass is 79.9. The number of ether oxygens (including phenoxy) is 3. The van der Waals surface area contributed by atoms with E-state index in [1.807, 2.05) is 12.1 Å². The van der Waals surface area contributed by atoms with E-state index in [1.54, 1.807) is 30.3 Å². The Hall–Kier alpha value is -3.11. The number of methoxy groups -OCH3 is 1. The number of halogens is 1. The molecule has 2 rings (SSSR count). The first-order valence-corrected chi connectivity index (χ1v) is 9.56. The lowest BCUT2D eigenvalue weighted by Crippen LogP contribution is -2.17. The SMILES string of the molecule is COC(=O)/C(C#N)=C/c1cccc(OC(=O)COc2ccc(C(C)C)cc2Br)c1. The first-order chi connectivity index (χ1) is 13.8. The van der Waals surface area contributed by atoms with E-state index in [0.717, 1.165) is 10.0 Å². The molecule has 7 heteroatoms. The molecular weight excluding hydrogens is 438 g/mol. The highest BCUT2D eigenvalue weighted by Gasteiger charge is 2.11. The molecule has 2 aromatic rings. The van der Waals surface area contributed by atoms with Crippen LogP contribution < -0.4 is 9.47 Å². The van der Waals surface area contributed by atoms with E-state index in [4.69, 9.17) is 14.7 Å². The van der Waals surface area contributed by atoms with Crippen LogP contribution in [0.25, 0.3) is 6.08 Å². The van der Waals surface area contributed by atoms with Crippen LogP contribution in [0.4, 0.5) is 0 Å². The zero-order valence-corrected chi connectivity index (χ0v) is 17.9. The third-order valence-corrected chi connectivity index (χ3v) is 4.51. The van der Waals surface area contributed by atoms with Crippen molar-refractivity contribution in [1.82, 2.24) is 0 Å². The second kappa shape index (κ2) is 10.4. The molecule has 0 aromatic heterocycles. The van der Waals surface area contributed by atoms with Crippen molar-refractivity contribution in [3.05, 3.63) is 63.6 Å². The quantitative estimate of drug-likeness (QED) is 0.260. The van der Waals surface area contributed by atoms with Crippen LogP contribution in [0.1, 0.15) is 30.9 Å². The molecule has 0 aliphatic heterocycles. The Bertz CT molecular complexity index is 975. The van der Waals surface area contributed by atoms with Crippen LogP contribution in [0.5, 0.6) is 11.5 Å². The smallest absolute Gasteiger partial charge is 0.349 e. The predicted molar refractivity (Wildman–Crippen MR) is 111 cm³/mol. The van der Waals surface area contributed by atoms with Crippen molar-refractivity contribution in [3.63, 3.8) is 0 Å². The van der Waals surface area contributed by atoms with Crippen molar-refractivity contribution < 1.29 is 23.8 Å². The fraction of sp³-hybridized carbons (Fsp3) is 0.227. The molecule has 0 atom stereocenters. The van der Waals surface area contributed by atoms with E-state index in [9.17, 15) is 9.59 Å². The van der Waals surface area contributed by atoms with Gasteiger partial charge in [-0.15, -0.1) is 0 Å². The van der Waals surface area contributed by atoms with Gasteiger partial charge in [-0.2, -0.15) is 5.26 Å². The van der Waals surface area contributed by atoms with E-state index >= 15 is 0 Å². The number of carbonyl (C=O) groups is 2. The molecule has 0 saturated heterocycles. The number of rotatable bonds is 7. The molecule has 6 nitrogen and oxygen atoms in total. The molecule has 0 unspecified atom stereocenters. The Morgan fingerprint density at radius 1 is 1.21 bits per heavy atom. The van der Waals surface area contributed by atoms with Crippen molar-refractivity contribution >= 4 is 33.9 Å². The van der Waals surface area contributed by atoms with Crippen molar-refractivity contribution in [2.24, 2.45) is 0 Å². The van der Waals surface area contributed by atoms with Crippen LogP contribution in [0.3, 0.4) is 0 Å². The van der Waals surface area contributed by atoms with Gasteiger partial charge < -0.3 is 14.2 Å². The summed E-state index contributed by atoms with van der Waals surface area (Å²) in [7, 11) is 1.19. The zero-order chi connectivity index (χ0) is 21.4. The average molecular weight is 458 g/mol. The van der Waals surface area contributed by atoms with Gasteiger partial charge in [0.05, 0.1) is 11.6 Å². The number of nitrogens with zero attached hydrogens (tertiary/aromatic N) is 1. The first-order valence-electron chi connectivity index (χ1n) is 8.77. The summed E-state index contributed by atoms with van der Waals surface area (Å²) in [5, 5.41) is 9.03. The Morgan fingerprint density at radius 3 is 2.59 bits per heavy atom. The third-order valence-electron chi connectivity index (χ3n) is 3.89. The molecule has 0 saturated carbocycles. The third kappa shape index (κ3) is 6.47. The fourth-order valence-corrected chi connectivity index (χ4v) is 2.88. The van der Waals surface area contributed by atoms with Gasteiger partial charge in [-0.3, -0.25) is 0 Å². The predicted octanol–water partition coefficient (Wildman–Crippen LogP) is 4.64. The average Bonchev–Trinajstić information content (AvgIpc) is 2.70. The van der Waals surface area contributed by atoms with Crippen molar-refractivity contribution in [2.45, 2.75) is 19.8 Å². The molecule has 0 bridgehead atoms. The minimum atomic E-state index is -0.739. The number of esters is 2. The van der Waals surface area contributed by atoms with Crippen LogP contribution in [0.2, 0.25) is 0 Å². The summed E-state index contributed by atoms with van der Waals surface area (Å²) in [6.07, 6.45) is 1.35. The van der Waals surface area contributed by atoms with Crippen LogP contribution >= 0.6 is 15.9 Å². The summed E-state index contributed by atoms with van der Waals surface area (Å²) >= 11 is 3.44. The second-order valence-electron chi connectivity index (χ2n) is 6.34. The summed E-state index contributed by atoms with van der Waals surface area (Å²) in [5.41, 5.74) is 1.51. The highest BCUT2D eigenvalue weighted by Crippen LogP contribution is 2.29. The molecule has 0 amide bonds. The molecule has 0 radical (unpaired) electrons. The van der Waals surface area contributed by atoms with Gasteiger partial charge in [0.2, 0.25) is 0 Å². The molecule has 0 aliphatic carbocycles. The van der Waals surface area contributed by atoms with Gasteiger partial charge in [-0.05, 0) is 63.3 Å². The molecule has 0 heterocycles. The Kier molecular flexibility index (Phi) is 7.98. The van der Waals surface area contributed by atoms with Gasteiger partial charge in [-0.1, -0.05) is 32.0 Å². The molecule has 0 aliphatic rings. The van der Waals surface area contributed by atoms with Crippen LogP contribution in [-0.4, -0.2) is 25.7 Å². The van der Waals surface area contributed by atoms with Gasteiger partial charge in [0, 0.05) is 0 Å². The Labute approximate surface area is 177 Å². The lowest BCUT2D eigenvalue weighted by Gasteiger charge is -2.11. The Morgan fingerprint density at radius 2 is 1.97 bits per heavy atom. The highest BCUT2D eigenvalue weighted by molar-refractivity contribution is 9.10. The van der Waals surface area contributed by atoms with E-state index in [0.29, 0.717) is 17.2 Å². The molecule has 2 aromatic carbocycles. The first kappa shape index (κ1) is 22.2. The molecule has 29 heavy (non-hydrogen) atoms. The topological polar surface area (TPSA) is 85.6 Å². The van der Waals surface area contributed by atoms with E-state index < -0.39 is 11.9 Å². The number of benzene rings is 2. The molecule has 0 fully saturated rings. The largest absolute Gasteiger partial charge is 0.481 e. The fourth-order valence-electron chi connectivity index (χ4n) is 2.37. The van der Waals surface area contributed by atoms with Crippen molar-refractivity contribution in [1.29, 1.82) is 5.26 Å². The van der Waals surface area contributed by atoms with Crippen LogP contribution in [0, 0.1) is 11.3 Å². The zero-order valence-electron chi connectivity index (χ0n) is 16.3. The minimum absolute atomic E-state index is 0.158. The maximum atomic E-state index is 12.1. The monoisotopic (exact) mass is 457 g/mol. The summed E-state index contributed by atoms with van der Waals surface area (Å²) in [6.45, 7) is 3.91. The van der Waals surface area contributed by atoms with Crippen LogP contribution in [-0.2, 0) is 14.3 Å². The van der Waals surface area contributed by atoms with Crippen molar-refractivity contribution in [2.75, 3.05) is 13.7 Å². The van der Waals surface area contributed by atoms with E-state index in [-0.39, 0.29) is 17.9 Å². The lowest BCUT2D eigenvalue weighted by molar-refractivity contribution is -0.137. The molecule has 0 N–H and O–H groups in total. The summed E-state index contributed by atoms with van der Waals surface area (Å²) in [6, 6.07) is 13.9.